The second-order valence-corrected chi connectivity index (χ2v) is 6.43. The topological polar surface area (TPSA) is 92.4 Å². The normalized spacial score (nSPS) is 13.4. The molecule has 0 amide bonds. The number of benzene rings is 1. The largest absolute Gasteiger partial charge is 0.399 e. The maximum Gasteiger partial charge on any atom is 0.240 e. The van der Waals surface area contributed by atoms with Gasteiger partial charge < -0.3 is 10.8 Å². The molecule has 0 fully saturated rings. The number of hydrogen-bond donors (Lipinski definition) is 3. The molecule has 0 aromatic heterocycles. The lowest BCUT2D eigenvalue weighted by Crippen LogP contribution is -2.29. The van der Waals surface area contributed by atoms with Gasteiger partial charge in [-0.1, -0.05) is 19.9 Å². The van der Waals surface area contributed by atoms with Crippen molar-refractivity contribution in [3.05, 3.63) is 23.8 Å². The van der Waals surface area contributed by atoms with Gasteiger partial charge in [-0.2, -0.15) is 0 Å². The molecule has 0 aliphatic heterocycles. The predicted octanol–water partition coefficient (Wildman–Crippen LogP) is 1.13. The molecule has 5 nitrogen and oxygen atoms in total. The summed E-state index contributed by atoms with van der Waals surface area (Å²) in [6.45, 7) is 4.15. The standard InChI is InChI=1S/C13H22N2O3S/c1-3-11-4-5-12(14)8-13(11)19(17,18)15-9-10(2)6-7-16/h4-5,8,10,15-16H,3,6-7,9,14H2,1-2H3. The van der Waals surface area contributed by atoms with E-state index in [0.717, 1.165) is 5.56 Å². The smallest absolute Gasteiger partial charge is 0.240 e. The fourth-order valence-corrected chi connectivity index (χ4v) is 3.27. The van der Waals surface area contributed by atoms with Crippen LogP contribution in [-0.2, 0) is 16.4 Å². The summed E-state index contributed by atoms with van der Waals surface area (Å²) in [4.78, 5) is 0.242. The Balaban J connectivity index is 2.91. The van der Waals surface area contributed by atoms with Gasteiger partial charge in [-0.15, -0.1) is 0 Å². The number of aryl methyl sites for hydroxylation is 1. The molecule has 0 radical (unpaired) electrons. The quantitative estimate of drug-likeness (QED) is 0.655. The first-order valence-electron chi connectivity index (χ1n) is 6.39. The zero-order chi connectivity index (χ0) is 14.5. The van der Waals surface area contributed by atoms with Crippen molar-refractivity contribution in [2.45, 2.75) is 31.6 Å². The van der Waals surface area contributed by atoms with E-state index in [1.54, 1.807) is 12.1 Å². The number of sulfonamides is 1. The highest BCUT2D eigenvalue weighted by atomic mass is 32.2. The van der Waals surface area contributed by atoms with Crippen molar-refractivity contribution in [3.63, 3.8) is 0 Å². The molecular weight excluding hydrogens is 264 g/mol. The fourth-order valence-electron chi connectivity index (χ4n) is 1.77. The van der Waals surface area contributed by atoms with Crippen LogP contribution in [0.25, 0.3) is 0 Å². The van der Waals surface area contributed by atoms with Crippen molar-refractivity contribution in [2.24, 2.45) is 5.92 Å². The number of nitrogen functional groups attached to an aromatic ring is 1. The van der Waals surface area contributed by atoms with Crippen LogP contribution in [0.2, 0.25) is 0 Å². The van der Waals surface area contributed by atoms with Crippen LogP contribution >= 0.6 is 0 Å². The summed E-state index contributed by atoms with van der Waals surface area (Å²) in [7, 11) is -3.55. The first-order valence-corrected chi connectivity index (χ1v) is 7.88. The summed E-state index contributed by atoms with van der Waals surface area (Å²) in [6.07, 6.45) is 1.20. The van der Waals surface area contributed by atoms with Crippen LogP contribution in [0.5, 0.6) is 0 Å². The molecule has 0 bridgehead atoms. The molecule has 0 aliphatic carbocycles. The average molecular weight is 286 g/mol. The third-order valence-corrected chi connectivity index (χ3v) is 4.51. The van der Waals surface area contributed by atoms with Gasteiger partial charge >= 0.3 is 0 Å². The minimum absolute atomic E-state index is 0.0569. The molecule has 6 heteroatoms. The first kappa shape index (κ1) is 15.9. The van der Waals surface area contributed by atoms with E-state index in [2.05, 4.69) is 4.72 Å². The number of aliphatic hydroxyl groups excluding tert-OH is 1. The molecule has 0 aliphatic rings. The summed E-state index contributed by atoms with van der Waals surface area (Å²) in [6, 6.07) is 4.92. The van der Waals surface area contributed by atoms with Gasteiger partial charge in [0.25, 0.3) is 0 Å². The Hall–Kier alpha value is -1.11. The third kappa shape index (κ3) is 4.49. The van der Waals surface area contributed by atoms with Crippen LogP contribution in [0.1, 0.15) is 25.8 Å². The second-order valence-electron chi connectivity index (χ2n) is 4.69. The van der Waals surface area contributed by atoms with Gasteiger partial charge in [-0.25, -0.2) is 13.1 Å². The maximum atomic E-state index is 12.2. The van der Waals surface area contributed by atoms with Crippen molar-refractivity contribution >= 4 is 15.7 Å². The molecule has 1 atom stereocenters. The SMILES string of the molecule is CCc1ccc(N)cc1S(=O)(=O)NCC(C)CCO. The molecule has 1 unspecified atom stereocenters. The lowest BCUT2D eigenvalue weighted by molar-refractivity contribution is 0.263. The molecule has 0 saturated carbocycles. The van der Waals surface area contributed by atoms with Crippen molar-refractivity contribution in [3.8, 4) is 0 Å². The van der Waals surface area contributed by atoms with E-state index in [9.17, 15) is 8.42 Å². The maximum absolute atomic E-state index is 12.2. The highest BCUT2D eigenvalue weighted by molar-refractivity contribution is 7.89. The average Bonchev–Trinajstić information content (AvgIpc) is 2.37. The Kier molecular flexibility index (Phi) is 5.78. The van der Waals surface area contributed by atoms with E-state index in [1.807, 2.05) is 13.8 Å². The lowest BCUT2D eigenvalue weighted by Gasteiger charge is -2.14. The van der Waals surface area contributed by atoms with Crippen LogP contribution < -0.4 is 10.5 Å². The van der Waals surface area contributed by atoms with E-state index >= 15 is 0 Å². The number of nitrogens with one attached hydrogen (secondary N) is 1. The third-order valence-electron chi connectivity index (χ3n) is 3.01. The Labute approximate surface area is 114 Å². The molecule has 1 aromatic carbocycles. The van der Waals surface area contributed by atoms with Gasteiger partial charge in [-0.05, 0) is 36.5 Å². The fraction of sp³-hybridized carbons (Fsp3) is 0.538. The molecule has 0 spiro atoms. The Morgan fingerprint density at radius 1 is 1.42 bits per heavy atom. The van der Waals surface area contributed by atoms with Crippen molar-refractivity contribution < 1.29 is 13.5 Å². The molecular formula is C13H22N2O3S. The molecule has 0 saturated heterocycles. The Bertz CT molecular complexity index is 515. The second kappa shape index (κ2) is 6.88. The van der Waals surface area contributed by atoms with Crippen LogP contribution in [0.3, 0.4) is 0 Å². The van der Waals surface area contributed by atoms with Crippen LogP contribution in [0.4, 0.5) is 5.69 Å². The van der Waals surface area contributed by atoms with Crippen LogP contribution in [0, 0.1) is 5.92 Å². The summed E-state index contributed by atoms with van der Waals surface area (Å²) in [5.41, 5.74) is 6.84. The van der Waals surface area contributed by atoms with Crippen LogP contribution in [0.15, 0.2) is 23.1 Å². The van der Waals surface area contributed by atoms with E-state index < -0.39 is 10.0 Å². The number of anilines is 1. The van der Waals surface area contributed by atoms with Gasteiger partial charge in [0.15, 0.2) is 0 Å². The zero-order valence-corrected chi connectivity index (χ0v) is 12.2. The minimum Gasteiger partial charge on any atom is -0.399 e. The van der Waals surface area contributed by atoms with Gasteiger partial charge in [0.2, 0.25) is 10.0 Å². The summed E-state index contributed by atoms with van der Waals surface area (Å²) in [5, 5.41) is 8.81. The minimum atomic E-state index is -3.55. The van der Waals surface area contributed by atoms with Crippen molar-refractivity contribution in [1.82, 2.24) is 4.72 Å². The van der Waals surface area contributed by atoms with Gasteiger partial charge in [0.1, 0.15) is 0 Å². The first-order chi connectivity index (χ1) is 8.90. The monoisotopic (exact) mass is 286 g/mol. The Morgan fingerprint density at radius 3 is 2.68 bits per heavy atom. The number of nitrogens with two attached hydrogens (primary N) is 1. The molecule has 19 heavy (non-hydrogen) atoms. The highest BCUT2D eigenvalue weighted by Crippen LogP contribution is 2.19. The van der Waals surface area contributed by atoms with Gasteiger partial charge in [-0.3, -0.25) is 0 Å². The lowest BCUT2D eigenvalue weighted by atomic mass is 10.1. The predicted molar refractivity (Wildman–Crippen MR) is 76.3 cm³/mol. The number of rotatable bonds is 7. The molecule has 0 heterocycles. The van der Waals surface area contributed by atoms with Gasteiger partial charge in [0.05, 0.1) is 4.90 Å². The zero-order valence-electron chi connectivity index (χ0n) is 11.4. The molecule has 108 valence electrons. The number of hydrogen-bond acceptors (Lipinski definition) is 4. The summed E-state index contributed by atoms with van der Waals surface area (Å²) >= 11 is 0. The molecule has 1 aromatic rings. The van der Waals surface area contributed by atoms with E-state index in [0.29, 0.717) is 25.1 Å². The van der Waals surface area contributed by atoms with Crippen molar-refractivity contribution in [1.29, 1.82) is 0 Å². The van der Waals surface area contributed by atoms with E-state index in [1.165, 1.54) is 6.07 Å². The highest BCUT2D eigenvalue weighted by Gasteiger charge is 2.18. The van der Waals surface area contributed by atoms with Crippen LogP contribution in [-0.4, -0.2) is 26.7 Å². The van der Waals surface area contributed by atoms with E-state index in [-0.39, 0.29) is 17.4 Å². The Morgan fingerprint density at radius 2 is 2.11 bits per heavy atom. The number of aliphatic hydroxyl groups is 1. The van der Waals surface area contributed by atoms with Gasteiger partial charge in [0, 0.05) is 18.8 Å². The van der Waals surface area contributed by atoms with Crippen molar-refractivity contribution in [2.75, 3.05) is 18.9 Å². The van der Waals surface area contributed by atoms with E-state index in [4.69, 9.17) is 10.8 Å². The summed E-state index contributed by atoms with van der Waals surface area (Å²) < 4.78 is 27.1. The molecule has 1 rings (SSSR count). The summed E-state index contributed by atoms with van der Waals surface area (Å²) in [5.74, 6) is 0.0888. The molecule has 4 N–H and O–H groups in total.